The quantitative estimate of drug-likeness (QED) is 0.669. The summed E-state index contributed by atoms with van der Waals surface area (Å²) < 4.78 is 1.99. The highest BCUT2D eigenvalue weighted by molar-refractivity contribution is 5.54. The van der Waals surface area contributed by atoms with E-state index in [4.69, 9.17) is 0 Å². The molecule has 4 rings (SSSR count). The van der Waals surface area contributed by atoms with Gasteiger partial charge in [-0.25, -0.2) is 4.98 Å². The van der Waals surface area contributed by atoms with Crippen molar-refractivity contribution >= 4 is 22.8 Å². The Labute approximate surface area is 153 Å². The molecule has 0 spiro atoms. The summed E-state index contributed by atoms with van der Waals surface area (Å²) in [5.41, 5.74) is 5.05. The van der Waals surface area contributed by atoms with Gasteiger partial charge in [-0.2, -0.15) is 0 Å². The number of aryl methyl sites for hydroxylation is 2. The van der Waals surface area contributed by atoms with Crippen molar-refractivity contribution in [3.8, 4) is 0 Å². The molecule has 6 heteroatoms. The van der Waals surface area contributed by atoms with Crippen LogP contribution in [0.1, 0.15) is 11.3 Å². The highest BCUT2D eigenvalue weighted by Gasteiger charge is 2.14. The van der Waals surface area contributed by atoms with Crippen LogP contribution in [0.4, 0.5) is 17.2 Å². The first kappa shape index (κ1) is 16.7. The fourth-order valence-corrected chi connectivity index (χ4v) is 3.28. The van der Waals surface area contributed by atoms with Gasteiger partial charge >= 0.3 is 0 Å². The molecule has 1 fully saturated rings. The second-order valence-corrected chi connectivity index (χ2v) is 6.96. The molecule has 0 aliphatic carbocycles. The highest BCUT2D eigenvalue weighted by Crippen LogP contribution is 2.25. The molecule has 0 radical (unpaired) electrons. The van der Waals surface area contributed by atoms with Crippen LogP contribution >= 0.6 is 0 Å². The van der Waals surface area contributed by atoms with Gasteiger partial charge in [-0.1, -0.05) is 6.07 Å². The van der Waals surface area contributed by atoms with Gasteiger partial charge in [0.25, 0.3) is 0 Å². The minimum atomic E-state index is 0.784. The third-order valence-corrected chi connectivity index (χ3v) is 4.89. The summed E-state index contributed by atoms with van der Waals surface area (Å²) >= 11 is 0. The summed E-state index contributed by atoms with van der Waals surface area (Å²) in [4.78, 5) is 9.32. The molecule has 6 nitrogen and oxygen atoms in total. The third kappa shape index (κ3) is 3.32. The average Bonchev–Trinajstić information content (AvgIpc) is 2.96. The number of hydrogen-bond acceptors (Lipinski definition) is 5. The molecule has 26 heavy (non-hydrogen) atoms. The van der Waals surface area contributed by atoms with Gasteiger partial charge < -0.3 is 9.80 Å². The Morgan fingerprint density at radius 1 is 0.885 bits per heavy atom. The van der Waals surface area contributed by atoms with Crippen LogP contribution in [-0.2, 0) is 0 Å². The molecule has 1 aromatic carbocycles. The van der Waals surface area contributed by atoms with E-state index in [2.05, 4.69) is 57.2 Å². The molecule has 0 N–H and O–H groups in total. The summed E-state index contributed by atoms with van der Waals surface area (Å²) in [5.74, 6) is 0.784. The standard InChI is InChI=1S/C20H24N6/c1-15-4-9-19-21-16(2)20(26(19)14-15)23-22-17-5-7-18(8-6-17)25-12-10-24(3)11-13-25/h4-9,14H,10-13H2,1-3H3. The predicted molar refractivity (Wildman–Crippen MR) is 105 cm³/mol. The average molecular weight is 348 g/mol. The molecule has 0 saturated carbocycles. The maximum atomic E-state index is 4.55. The molecule has 1 aliphatic heterocycles. The zero-order valence-corrected chi connectivity index (χ0v) is 15.6. The number of nitrogens with zero attached hydrogens (tertiary/aromatic N) is 6. The number of likely N-dealkylation sites (N-methyl/N-ethyl adjacent to an activating group) is 1. The highest BCUT2D eigenvalue weighted by atomic mass is 15.2. The number of anilines is 1. The van der Waals surface area contributed by atoms with Crippen molar-refractivity contribution in [2.75, 3.05) is 38.1 Å². The van der Waals surface area contributed by atoms with Crippen molar-refractivity contribution in [2.24, 2.45) is 10.2 Å². The maximum absolute atomic E-state index is 4.55. The van der Waals surface area contributed by atoms with Gasteiger partial charge in [0.05, 0.1) is 11.4 Å². The molecule has 3 aromatic rings. The van der Waals surface area contributed by atoms with Crippen molar-refractivity contribution < 1.29 is 0 Å². The number of azo groups is 1. The molecule has 134 valence electrons. The molecule has 1 saturated heterocycles. The lowest BCUT2D eigenvalue weighted by molar-refractivity contribution is 0.313. The molecule has 1 aliphatic rings. The van der Waals surface area contributed by atoms with Gasteiger partial charge in [0, 0.05) is 38.1 Å². The fraction of sp³-hybridized carbons (Fsp3) is 0.350. The van der Waals surface area contributed by atoms with Crippen LogP contribution < -0.4 is 4.90 Å². The first-order valence-electron chi connectivity index (χ1n) is 9.01. The van der Waals surface area contributed by atoms with E-state index in [9.17, 15) is 0 Å². The Hall–Kier alpha value is -2.73. The van der Waals surface area contributed by atoms with E-state index in [1.54, 1.807) is 0 Å². The van der Waals surface area contributed by atoms with Crippen LogP contribution in [0.3, 0.4) is 0 Å². The lowest BCUT2D eigenvalue weighted by atomic mass is 10.2. The van der Waals surface area contributed by atoms with Crippen molar-refractivity contribution in [1.82, 2.24) is 14.3 Å². The molecule has 3 heterocycles. The Bertz CT molecular complexity index is 933. The van der Waals surface area contributed by atoms with E-state index >= 15 is 0 Å². The first-order chi connectivity index (χ1) is 12.6. The number of rotatable bonds is 3. The summed E-state index contributed by atoms with van der Waals surface area (Å²) in [7, 11) is 2.17. The van der Waals surface area contributed by atoms with Crippen molar-refractivity contribution in [3.63, 3.8) is 0 Å². The number of hydrogen-bond donors (Lipinski definition) is 0. The molecule has 2 aromatic heterocycles. The minimum absolute atomic E-state index is 0.784. The number of aromatic nitrogens is 2. The SMILES string of the molecule is Cc1ccc2nc(C)c(N=Nc3ccc(N4CCN(C)CC4)cc3)n2c1. The summed E-state index contributed by atoms with van der Waals surface area (Å²) in [6.07, 6.45) is 2.04. The van der Waals surface area contributed by atoms with E-state index in [1.165, 1.54) is 11.3 Å². The minimum Gasteiger partial charge on any atom is -0.369 e. The van der Waals surface area contributed by atoms with E-state index in [0.717, 1.165) is 49.0 Å². The number of pyridine rings is 1. The van der Waals surface area contributed by atoms with Crippen molar-refractivity contribution in [1.29, 1.82) is 0 Å². The second kappa shape index (κ2) is 6.88. The number of imidazole rings is 1. The lowest BCUT2D eigenvalue weighted by Crippen LogP contribution is -2.44. The first-order valence-corrected chi connectivity index (χ1v) is 9.01. The van der Waals surface area contributed by atoms with Crippen LogP contribution in [0.15, 0.2) is 52.8 Å². The van der Waals surface area contributed by atoms with E-state index in [-0.39, 0.29) is 0 Å². The van der Waals surface area contributed by atoms with Crippen LogP contribution in [0, 0.1) is 13.8 Å². The van der Waals surface area contributed by atoms with Gasteiger partial charge in [-0.05, 0) is 56.8 Å². The molecule has 0 atom stereocenters. The third-order valence-electron chi connectivity index (χ3n) is 4.89. The largest absolute Gasteiger partial charge is 0.369 e. The Balaban J connectivity index is 1.54. The molecule has 0 amide bonds. The number of fused-ring (bicyclic) bond motifs is 1. The maximum Gasteiger partial charge on any atom is 0.182 e. The van der Waals surface area contributed by atoms with Crippen LogP contribution in [0.25, 0.3) is 5.65 Å². The zero-order valence-electron chi connectivity index (χ0n) is 15.6. The normalized spacial score (nSPS) is 16.0. The van der Waals surface area contributed by atoms with Crippen LogP contribution in [0.2, 0.25) is 0 Å². The van der Waals surface area contributed by atoms with Crippen molar-refractivity contribution in [2.45, 2.75) is 13.8 Å². The predicted octanol–water partition coefficient (Wildman–Crippen LogP) is 4.12. The van der Waals surface area contributed by atoms with Crippen LogP contribution in [-0.4, -0.2) is 47.5 Å². The van der Waals surface area contributed by atoms with E-state index < -0.39 is 0 Å². The van der Waals surface area contributed by atoms with Gasteiger partial charge in [-0.15, -0.1) is 10.2 Å². The topological polar surface area (TPSA) is 48.5 Å². The van der Waals surface area contributed by atoms with Gasteiger partial charge in [0.15, 0.2) is 5.82 Å². The second-order valence-electron chi connectivity index (χ2n) is 6.96. The Kier molecular flexibility index (Phi) is 4.42. The van der Waals surface area contributed by atoms with Crippen molar-refractivity contribution in [3.05, 3.63) is 53.9 Å². The number of piperazine rings is 1. The molecule has 0 bridgehead atoms. The molecular weight excluding hydrogens is 324 g/mol. The van der Waals surface area contributed by atoms with Gasteiger partial charge in [-0.3, -0.25) is 4.40 Å². The molecular formula is C20H24N6. The van der Waals surface area contributed by atoms with Crippen LogP contribution in [0.5, 0.6) is 0 Å². The van der Waals surface area contributed by atoms with Gasteiger partial charge in [0.1, 0.15) is 5.65 Å². The Morgan fingerprint density at radius 3 is 2.35 bits per heavy atom. The smallest absolute Gasteiger partial charge is 0.182 e. The lowest BCUT2D eigenvalue weighted by Gasteiger charge is -2.34. The monoisotopic (exact) mass is 348 g/mol. The summed E-state index contributed by atoms with van der Waals surface area (Å²) in [6, 6.07) is 12.4. The number of benzene rings is 1. The Morgan fingerprint density at radius 2 is 1.62 bits per heavy atom. The zero-order chi connectivity index (χ0) is 18.1. The van der Waals surface area contributed by atoms with E-state index in [0.29, 0.717) is 0 Å². The van der Waals surface area contributed by atoms with Gasteiger partial charge in [0.2, 0.25) is 0 Å². The van der Waals surface area contributed by atoms with E-state index in [1.807, 2.05) is 35.7 Å². The summed E-state index contributed by atoms with van der Waals surface area (Å²) in [6.45, 7) is 8.37. The molecule has 0 unspecified atom stereocenters. The summed E-state index contributed by atoms with van der Waals surface area (Å²) in [5, 5.41) is 8.89. The fourth-order valence-electron chi connectivity index (χ4n) is 3.28.